The van der Waals surface area contributed by atoms with Crippen LogP contribution in [0, 0.1) is 11.8 Å². The minimum absolute atomic E-state index is 0.00732. The van der Waals surface area contributed by atoms with Gasteiger partial charge in [-0.2, -0.15) is 4.31 Å². The Balaban J connectivity index is 1.48. The van der Waals surface area contributed by atoms with Gasteiger partial charge in [0.15, 0.2) is 0 Å². The third-order valence-electron chi connectivity index (χ3n) is 5.01. The number of piperidine rings is 1. The van der Waals surface area contributed by atoms with E-state index in [-0.39, 0.29) is 22.0 Å². The topological polar surface area (TPSA) is 79.6 Å². The van der Waals surface area contributed by atoms with Crippen LogP contribution in [-0.4, -0.2) is 38.3 Å². The average Bonchev–Trinajstić information content (AvgIpc) is 3.33. The predicted octanol–water partition coefficient (Wildman–Crippen LogP) is 3.39. The van der Waals surface area contributed by atoms with Gasteiger partial charge in [-0.3, -0.25) is 4.79 Å². The second kappa shape index (κ2) is 8.77. The molecule has 0 aromatic carbocycles. The zero-order valence-electron chi connectivity index (χ0n) is 15.1. The number of nitrogens with zero attached hydrogens (tertiary/aromatic N) is 1. The number of hydrogen-bond donors (Lipinski definition) is 1. The van der Waals surface area contributed by atoms with Crippen molar-refractivity contribution in [2.45, 2.75) is 30.4 Å². The number of sulfonamides is 1. The van der Waals surface area contributed by atoms with Gasteiger partial charge in [0.25, 0.3) is 10.0 Å². The minimum atomic E-state index is -3.49. The third-order valence-corrected chi connectivity index (χ3v) is 8.61. The SMILES string of the molecule is C[C@H](C(=O)NCCc1ccco1)C1CCN(S(=O)(=O)c2ccc(Cl)s2)CC1. The second-order valence-corrected chi connectivity index (χ2v) is 10.6. The van der Waals surface area contributed by atoms with Gasteiger partial charge < -0.3 is 9.73 Å². The molecular weight excluding hydrogens is 408 g/mol. The summed E-state index contributed by atoms with van der Waals surface area (Å²) < 4.78 is 32.8. The molecular formula is C18H23ClN2O4S2. The van der Waals surface area contributed by atoms with Gasteiger partial charge in [-0.25, -0.2) is 8.42 Å². The van der Waals surface area contributed by atoms with Crippen LogP contribution in [0.3, 0.4) is 0 Å². The zero-order chi connectivity index (χ0) is 19.4. The average molecular weight is 431 g/mol. The fourth-order valence-corrected chi connectivity index (χ4v) is 6.43. The Morgan fingerprint density at radius 1 is 1.37 bits per heavy atom. The molecule has 1 aliphatic heterocycles. The monoisotopic (exact) mass is 430 g/mol. The van der Waals surface area contributed by atoms with Crippen molar-refractivity contribution < 1.29 is 17.6 Å². The zero-order valence-corrected chi connectivity index (χ0v) is 17.4. The fraction of sp³-hybridized carbons (Fsp3) is 0.500. The van der Waals surface area contributed by atoms with Crippen LogP contribution in [0.4, 0.5) is 0 Å². The van der Waals surface area contributed by atoms with E-state index in [0.717, 1.165) is 17.1 Å². The van der Waals surface area contributed by atoms with Crippen molar-refractivity contribution in [1.82, 2.24) is 9.62 Å². The Labute approximate surface area is 168 Å². The van der Waals surface area contributed by atoms with E-state index in [1.54, 1.807) is 18.4 Å². The number of thiophene rings is 1. The van der Waals surface area contributed by atoms with E-state index in [9.17, 15) is 13.2 Å². The normalized spacial score (nSPS) is 17.7. The van der Waals surface area contributed by atoms with E-state index in [1.807, 2.05) is 19.1 Å². The van der Waals surface area contributed by atoms with Crippen molar-refractivity contribution in [2.75, 3.05) is 19.6 Å². The van der Waals surface area contributed by atoms with Gasteiger partial charge in [0.05, 0.1) is 10.6 Å². The van der Waals surface area contributed by atoms with Crippen LogP contribution in [0.2, 0.25) is 4.34 Å². The highest BCUT2D eigenvalue weighted by molar-refractivity contribution is 7.91. The van der Waals surface area contributed by atoms with E-state index in [4.69, 9.17) is 16.0 Å². The molecule has 1 fully saturated rings. The van der Waals surface area contributed by atoms with Gasteiger partial charge in [0, 0.05) is 32.0 Å². The molecule has 0 aliphatic carbocycles. The molecule has 9 heteroatoms. The predicted molar refractivity (Wildman–Crippen MR) is 105 cm³/mol. The maximum atomic E-state index is 12.7. The molecule has 0 unspecified atom stereocenters. The number of furan rings is 1. The summed E-state index contributed by atoms with van der Waals surface area (Å²) in [6.45, 7) is 3.29. The molecule has 27 heavy (non-hydrogen) atoms. The van der Waals surface area contributed by atoms with Crippen LogP contribution in [0.15, 0.2) is 39.2 Å². The Bertz CT molecular complexity index is 856. The van der Waals surface area contributed by atoms with Crippen molar-refractivity contribution in [2.24, 2.45) is 11.8 Å². The number of hydrogen-bond acceptors (Lipinski definition) is 5. The van der Waals surface area contributed by atoms with E-state index in [2.05, 4.69) is 5.32 Å². The molecule has 3 heterocycles. The van der Waals surface area contributed by atoms with Crippen LogP contribution < -0.4 is 5.32 Å². The Hall–Kier alpha value is -1.35. The highest BCUT2D eigenvalue weighted by Gasteiger charge is 2.34. The third kappa shape index (κ3) is 4.93. The number of amides is 1. The molecule has 1 atom stereocenters. The van der Waals surface area contributed by atoms with E-state index in [1.165, 1.54) is 4.31 Å². The maximum Gasteiger partial charge on any atom is 0.252 e. The summed E-state index contributed by atoms with van der Waals surface area (Å²) in [6, 6.07) is 6.85. The molecule has 1 aliphatic rings. The lowest BCUT2D eigenvalue weighted by Crippen LogP contribution is -2.42. The lowest BCUT2D eigenvalue weighted by Gasteiger charge is -2.33. The fourth-order valence-electron chi connectivity index (χ4n) is 3.32. The smallest absolute Gasteiger partial charge is 0.252 e. The standard InChI is InChI=1S/C18H23ClN2O4S2/c1-13(18(22)20-9-6-15-3-2-12-25-15)14-7-10-21(11-8-14)27(23,24)17-5-4-16(19)26-17/h2-5,12-14H,6-11H2,1H3,(H,20,22)/t13-/m0/s1. The lowest BCUT2D eigenvalue weighted by molar-refractivity contribution is -0.126. The van der Waals surface area contributed by atoms with Crippen LogP contribution in [-0.2, 0) is 21.2 Å². The molecule has 0 radical (unpaired) electrons. The first-order valence-electron chi connectivity index (χ1n) is 8.93. The first kappa shape index (κ1) is 20.4. The quantitative estimate of drug-likeness (QED) is 0.730. The Morgan fingerprint density at radius 3 is 2.70 bits per heavy atom. The van der Waals surface area contributed by atoms with Crippen molar-refractivity contribution in [3.8, 4) is 0 Å². The number of halogens is 1. The molecule has 148 valence electrons. The minimum Gasteiger partial charge on any atom is -0.469 e. The highest BCUT2D eigenvalue weighted by atomic mass is 35.5. The molecule has 3 rings (SSSR count). The number of rotatable bonds is 7. The molecule has 0 spiro atoms. The molecule has 6 nitrogen and oxygen atoms in total. The van der Waals surface area contributed by atoms with Crippen LogP contribution in [0.25, 0.3) is 0 Å². The second-order valence-electron chi connectivity index (χ2n) is 6.71. The summed E-state index contributed by atoms with van der Waals surface area (Å²) in [5.74, 6) is 0.873. The van der Waals surface area contributed by atoms with Crippen molar-refractivity contribution in [3.63, 3.8) is 0 Å². The summed E-state index contributed by atoms with van der Waals surface area (Å²) in [4.78, 5) is 12.4. The molecule has 1 saturated heterocycles. The molecule has 1 N–H and O–H groups in total. The maximum absolute atomic E-state index is 12.7. The summed E-state index contributed by atoms with van der Waals surface area (Å²) in [5, 5.41) is 2.94. The molecule has 0 bridgehead atoms. The van der Waals surface area contributed by atoms with Crippen LogP contribution in [0.1, 0.15) is 25.5 Å². The van der Waals surface area contributed by atoms with Crippen LogP contribution in [0.5, 0.6) is 0 Å². The van der Waals surface area contributed by atoms with Crippen molar-refractivity contribution >= 4 is 38.9 Å². The van der Waals surface area contributed by atoms with E-state index in [0.29, 0.717) is 43.2 Å². The molecule has 2 aromatic heterocycles. The first-order chi connectivity index (χ1) is 12.9. The largest absolute Gasteiger partial charge is 0.469 e. The number of carbonyl (C=O) groups is 1. The summed E-state index contributed by atoms with van der Waals surface area (Å²) >= 11 is 6.94. The van der Waals surface area contributed by atoms with Gasteiger partial charge >= 0.3 is 0 Å². The Morgan fingerprint density at radius 2 is 2.11 bits per heavy atom. The van der Waals surface area contributed by atoms with E-state index >= 15 is 0 Å². The van der Waals surface area contributed by atoms with Crippen molar-refractivity contribution in [1.29, 1.82) is 0 Å². The number of carbonyl (C=O) groups excluding carboxylic acids is 1. The van der Waals surface area contributed by atoms with Gasteiger partial charge in [-0.1, -0.05) is 18.5 Å². The molecule has 2 aromatic rings. The highest BCUT2D eigenvalue weighted by Crippen LogP contribution is 2.32. The Kier molecular flexibility index (Phi) is 6.62. The van der Waals surface area contributed by atoms with E-state index < -0.39 is 10.0 Å². The molecule has 0 saturated carbocycles. The van der Waals surface area contributed by atoms with Crippen LogP contribution >= 0.6 is 22.9 Å². The summed E-state index contributed by atoms with van der Waals surface area (Å²) in [6.07, 6.45) is 3.62. The van der Waals surface area contributed by atoms with Crippen molar-refractivity contribution in [3.05, 3.63) is 40.6 Å². The lowest BCUT2D eigenvalue weighted by atomic mass is 9.85. The summed E-state index contributed by atoms with van der Waals surface area (Å²) in [5.41, 5.74) is 0. The first-order valence-corrected chi connectivity index (χ1v) is 11.6. The molecule has 1 amide bonds. The van der Waals surface area contributed by atoms with Gasteiger partial charge in [-0.05, 0) is 43.0 Å². The summed E-state index contributed by atoms with van der Waals surface area (Å²) in [7, 11) is -3.49. The van der Waals surface area contributed by atoms with Gasteiger partial charge in [-0.15, -0.1) is 11.3 Å². The number of nitrogens with one attached hydrogen (secondary N) is 1. The van der Waals surface area contributed by atoms with Gasteiger partial charge in [0.2, 0.25) is 5.91 Å². The van der Waals surface area contributed by atoms with Gasteiger partial charge in [0.1, 0.15) is 9.97 Å².